The highest BCUT2D eigenvalue weighted by Crippen LogP contribution is 2.41. The highest BCUT2D eigenvalue weighted by molar-refractivity contribution is 6.08. The third-order valence-corrected chi connectivity index (χ3v) is 17.7. The van der Waals surface area contributed by atoms with E-state index in [4.69, 9.17) is 26.1 Å². The number of unbranched alkanes of at least 4 members (excludes halogenated alkanes) is 4. The van der Waals surface area contributed by atoms with Crippen LogP contribution >= 0.6 is 0 Å². The van der Waals surface area contributed by atoms with Crippen LogP contribution in [0, 0.1) is 0 Å². The maximum Gasteiger partial charge on any atom is 0.336 e. The third kappa shape index (κ3) is 23.5. The molecule has 3 unspecified atom stereocenters. The molecule has 2 aromatic heterocycles. The van der Waals surface area contributed by atoms with Crippen molar-refractivity contribution in [3.63, 3.8) is 0 Å². The molecule has 556 valence electrons. The molecule has 4 aromatic carbocycles. The van der Waals surface area contributed by atoms with Crippen LogP contribution < -0.4 is 58.2 Å². The standard InChI is InChI=1S/C75H92N16O14/c1-88(2)54-32-35-57-64(42-54)105-65-43-55(89(3)4)33-36-58(65)69(57)49-27-34-56(59(41-49)74(101)102)72(99)81-40-11-7-19-62(82-68(96)20-8-12-38-79-67(95)22-14-15-50-44-90(86-84-50)52-28-23-47(24-29-52)63(93)46-92)73(100)83-61(70(77)97)18-6-10-39-80-71(98)48-25-30-53(31-26-48)91-45-51(85-87-91)16-13-21-66(94)78-37-9-5-17-60(76)75(103)104/h23-36,41-45,60-62,92H,5-22,37-40,46,76H2,1-4H3,(H9-,77,78,79,80,81,82,83,94,95,96,97,98,99,100,101,102,103,104)/p+1. The lowest BCUT2D eigenvalue weighted by atomic mass is 9.91. The van der Waals surface area contributed by atoms with Gasteiger partial charge in [-0.3, -0.25) is 43.2 Å². The van der Waals surface area contributed by atoms with E-state index < -0.39 is 66.1 Å². The zero-order valence-electron chi connectivity index (χ0n) is 59.5. The molecule has 0 radical (unpaired) electrons. The van der Waals surface area contributed by atoms with Crippen molar-refractivity contribution in [2.24, 2.45) is 11.5 Å². The van der Waals surface area contributed by atoms with Crippen LogP contribution in [0.25, 0.3) is 44.8 Å². The van der Waals surface area contributed by atoms with Crippen LogP contribution in [0.1, 0.15) is 156 Å². The second-order valence-electron chi connectivity index (χ2n) is 26.1. The van der Waals surface area contributed by atoms with Crippen LogP contribution in [0.2, 0.25) is 0 Å². The van der Waals surface area contributed by atoms with Gasteiger partial charge in [0.05, 0.1) is 52.3 Å². The summed E-state index contributed by atoms with van der Waals surface area (Å²) in [4.78, 5) is 130. The van der Waals surface area contributed by atoms with E-state index in [0.29, 0.717) is 134 Å². The van der Waals surface area contributed by atoms with E-state index in [1.807, 2.05) is 74.1 Å². The lowest BCUT2D eigenvalue weighted by Gasteiger charge is -2.22. The number of aliphatic carboxylic acids is 1. The van der Waals surface area contributed by atoms with E-state index >= 15 is 0 Å². The predicted octanol–water partition coefficient (Wildman–Crippen LogP) is 4.62. The molecule has 0 saturated heterocycles. The van der Waals surface area contributed by atoms with Gasteiger partial charge in [0.25, 0.3) is 11.8 Å². The summed E-state index contributed by atoms with van der Waals surface area (Å²) < 4.78 is 11.5. The molecule has 0 bridgehead atoms. The fourth-order valence-electron chi connectivity index (χ4n) is 11.7. The predicted molar refractivity (Wildman–Crippen MR) is 391 cm³/mol. The van der Waals surface area contributed by atoms with Gasteiger partial charge in [0, 0.05) is 105 Å². The number of amides is 7. The minimum absolute atomic E-state index is 0.0000958. The first kappa shape index (κ1) is 79.2. The van der Waals surface area contributed by atoms with Crippen LogP contribution in [-0.2, 0) is 41.6 Å². The van der Waals surface area contributed by atoms with E-state index in [1.165, 1.54) is 12.1 Å². The van der Waals surface area contributed by atoms with Crippen LogP contribution in [0.15, 0.2) is 120 Å². The molecule has 30 nitrogen and oxygen atoms in total. The molecule has 0 fully saturated rings. The van der Waals surface area contributed by atoms with Crippen molar-refractivity contribution in [2.45, 2.75) is 134 Å². The normalized spacial score (nSPS) is 12.0. The molecule has 1 aliphatic heterocycles. The summed E-state index contributed by atoms with van der Waals surface area (Å²) in [5.74, 6) is -5.41. The number of aliphatic hydroxyl groups excluding tert-OH is 1. The summed E-state index contributed by atoms with van der Waals surface area (Å²) in [6, 6.07) is 26.3. The molecule has 30 heteroatoms. The number of anilines is 1. The number of aromatic nitrogens is 6. The number of rotatable bonds is 42. The number of fused-ring (bicyclic) bond motifs is 2. The van der Waals surface area contributed by atoms with E-state index in [9.17, 15) is 53.1 Å². The first-order valence-electron chi connectivity index (χ1n) is 35.2. The number of benzene rings is 5. The fraction of sp³-hybridized carbons (Fsp3) is 0.400. The number of nitrogens with zero attached hydrogens (tertiary/aromatic N) is 8. The zero-order chi connectivity index (χ0) is 75.5. The van der Waals surface area contributed by atoms with Gasteiger partial charge in [-0.15, -0.1) is 10.2 Å². The second kappa shape index (κ2) is 39.2. The molecule has 13 N–H and O–H groups in total. The number of hydrogen-bond donors (Lipinski definition) is 11. The zero-order valence-corrected chi connectivity index (χ0v) is 59.5. The third-order valence-electron chi connectivity index (χ3n) is 17.7. The quantitative estimate of drug-likeness (QED) is 0.0108. The van der Waals surface area contributed by atoms with Gasteiger partial charge >= 0.3 is 11.9 Å². The Morgan fingerprint density at radius 2 is 1.12 bits per heavy atom. The largest absolute Gasteiger partial charge is 0.480 e. The first-order chi connectivity index (χ1) is 50.5. The Morgan fingerprint density at radius 1 is 0.571 bits per heavy atom. The lowest BCUT2D eigenvalue weighted by Crippen LogP contribution is -2.53. The maximum atomic E-state index is 14.1. The number of aliphatic hydroxyl groups is 1. The Balaban J connectivity index is 0.819. The van der Waals surface area contributed by atoms with Crippen molar-refractivity contribution in [3.8, 4) is 33.8 Å². The smallest absolute Gasteiger partial charge is 0.336 e. The maximum absolute atomic E-state index is 14.1. The molecule has 8 rings (SSSR count). The van der Waals surface area contributed by atoms with Crippen molar-refractivity contribution < 1.29 is 67.7 Å². The fourth-order valence-corrected chi connectivity index (χ4v) is 11.7. The molecule has 105 heavy (non-hydrogen) atoms. The molecule has 7 amide bonds. The van der Waals surface area contributed by atoms with E-state index in [1.54, 1.807) is 76.4 Å². The number of nitrogens with two attached hydrogens (primary N) is 2. The van der Waals surface area contributed by atoms with Crippen molar-refractivity contribution in [2.75, 3.05) is 65.9 Å². The highest BCUT2D eigenvalue weighted by Gasteiger charge is 2.27. The summed E-state index contributed by atoms with van der Waals surface area (Å²) in [5, 5.41) is 63.8. The van der Waals surface area contributed by atoms with Crippen LogP contribution in [0.3, 0.4) is 0 Å². The molecule has 6 aromatic rings. The number of carbonyl (C=O) groups excluding carboxylic acids is 8. The molecule has 3 atom stereocenters. The Morgan fingerprint density at radius 3 is 1.69 bits per heavy atom. The molecule has 3 heterocycles. The van der Waals surface area contributed by atoms with Gasteiger partial charge in [0.15, 0.2) is 5.78 Å². The van der Waals surface area contributed by atoms with Crippen molar-refractivity contribution in [1.82, 2.24) is 66.5 Å². The SMILES string of the molecule is CN(C)c1ccc2c(-c3ccc(C(=O)NCCCCC(NC(=O)CCCCNC(=O)CCCc4cn(-c5ccc(C(=O)CO)cc5)nn4)C(=O)NC(CCCCNC(=O)c4ccc(-n5cc(CCCC(=O)NCCCCC(N)C(=O)O)nn5)cc4)C(N)=O)c(C(=O)O)c3)c3ccc(=[N+](C)C)cc-3oc2c1. The molecule has 0 spiro atoms. The molecule has 1 aliphatic carbocycles. The van der Waals surface area contributed by atoms with Gasteiger partial charge in [-0.2, -0.15) is 0 Å². The molecule has 0 saturated carbocycles. The number of Topliss-reactive ketones (excluding diaryl/α,β-unsaturated/α-hetero) is 1. The monoisotopic (exact) mass is 1440 g/mol. The topological polar surface area (TPSA) is 436 Å². The van der Waals surface area contributed by atoms with Crippen LogP contribution in [0.4, 0.5) is 5.69 Å². The summed E-state index contributed by atoms with van der Waals surface area (Å²) in [7, 11) is 7.68. The second-order valence-corrected chi connectivity index (χ2v) is 26.1. The summed E-state index contributed by atoms with van der Waals surface area (Å²) in [5.41, 5.74) is 18.0. The van der Waals surface area contributed by atoms with E-state index in [0.717, 1.165) is 27.6 Å². The number of hydrogen-bond acceptors (Lipinski definition) is 18. The van der Waals surface area contributed by atoms with Gasteiger partial charge < -0.3 is 68.0 Å². The van der Waals surface area contributed by atoms with Crippen molar-refractivity contribution in [1.29, 1.82) is 0 Å². The number of aromatic carboxylic acids is 1. The Bertz CT molecular complexity index is 4410. The first-order valence-corrected chi connectivity index (χ1v) is 35.2. The van der Waals surface area contributed by atoms with Crippen molar-refractivity contribution >= 4 is 75.7 Å². The number of carbonyl (C=O) groups is 10. The molecular formula is C75H93N16O14+. The minimum Gasteiger partial charge on any atom is -0.480 e. The van der Waals surface area contributed by atoms with E-state index in [2.05, 4.69) is 52.5 Å². The van der Waals surface area contributed by atoms with Crippen molar-refractivity contribution in [3.05, 3.63) is 155 Å². The summed E-state index contributed by atoms with van der Waals surface area (Å²) >= 11 is 0. The molecule has 2 aliphatic rings. The number of aryl methyl sites for hydroxylation is 2. The number of primary amides is 1. The Kier molecular flexibility index (Phi) is 29.6. The van der Waals surface area contributed by atoms with E-state index in [-0.39, 0.29) is 87.0 Å². The number of carboxylic acids is 2. The average molecular weight is 1440 g/mol. The number of nitrogens with one attached hydrogen (secondary N) is 6. The van der Waals surface area contributed by atoms with Gasteiger partial charge in [-0.05, 0) is 181 Å². The van der Waals surface area contributed by atoms with Gasteiger partial charge in [-0.1, -0.05) is 16.5 Å². The Hall–Kier alpha value is -11.5. The minimum atomic E-state index is -1.31. The summed E-state index contributed by atoms with van der Waals surface area (Å²) in [6.45, 7) is 0.424. The van der Waals surface area contributed by atoms with Crippen LogP contribution in [0.5, 0.6) is 0 Å². The Labute approximate surface area is 606 Å². The van der Waals surface area contributed by atoms with Gasteiger partial charge in [0.2, 0.25) is 34.9 Å². The molecular weight excluding hydrogens is 1350 g/mol. The van der Waals surface area contributed by atoms with Gasteiger partial charge in [-0.25, -0.2) is 18.7 Å². The number of carboxylic acid groups (broad SMARTS) is 2. The summed E-state index contributed by atoms with van der Waals surface area (Å²) in [6.07, 6.45) is 9.86. The average Bonchev–Trinajstić information content (AvgIpc) is 1.08. The lowest BCUT2D eigenvalue weighted by molar-refractivity contribution is -0.138. The highest BCUT2D eigenvalue weighted by atomic mass is 16.4. The van der Waals surface area contributed by atoms with Gasteiger partial charge in [0.1, 0.15) is 50.2 Å². The number of ketones is 1. The van der Waals surface area contributed by atoms with Crippen LogP contribution in [-0.4, -0.2) is 183 Å².